The standard InChI is InChI=1S/C12H20N2/c1-9(2)5-11-7-13-12(14-8-11)6-10(3)4/h7-10H,5-6H2,1-4H3. The molecule has 0 saturated heterocycles. The fraction of sp³-hybridized carbons (Fsp3) is 0.667. The van der Waals surface area contributed by atoms with Crippen LogP contribution < -0.4 is 0 Å². The average Bonchev–Trinajstić information content (AvgIpc) is 2.06. The molecule has 0 aliphatic rings. The minimum Gasteiger partial charge on any atom is -0.241 e. The van der Waals surface area contributed by atoms with E-state index in [-0.39, 0.29) is 0 Å². The molecular formula is C12H20N2. The van der Waals surface area contributed by atoms with Crippen molar-refractivity contribution in [3.63, 3.8) is 0 Å². The van der Waals surface area contributed by atoms with Crippen LogP contribution in [0.2, 0.25) is 0 Å². The predicted octanol–water partition coefficient (Wildman–Crippen LogP) is 2.87. The highest BCUT2D eigenvalue weighted by Gasteiger charge is 2.02. The van der Waals surface area contributed by atoms with Crippen LogP contribution in [0, 0.1) is 11.8 Å². The Morgan fingerprint density at radius 2 is 1.43 bits per heavy atom. The zero-order chi connectivity index (χ0) is 10.6. The van der Waals surface area contributed by atoms with Crippen molar-refractivity contribution in [3.05, 3.63) is 23.8 Å². The summed E-state index contributed by atoms with van der Waals surface area (Å²) in [5.41, 5.74) is 1.24. The Morgan fingerprint density at radius 1 is 0.929 bits per heavy atom. The summed E-state index contributed by atoms with van der Waals surface area (Å²) in [6.45, 7) is 8.79. The van der Waals surface area contributed by atoms with Gasteiger partial charge in [-0.25, -0.2) is 9.97 Å². The molecule has 0 aliphatic heterocycles. The van der Waals surface area contributed by atoms with Crippen LogP contribution in [0.5, 0.6) is 0 Å². The van der Waals surface area contributed by atoms with E-state index in [0.29, 0.717) is 11.8 Å². The van der Waals surface area contributed by atoms with Gasteiger partial charge in [-0.15, -0.1) is 0 Å². The Labute approximate surface area is 86.8 Å². The van der Waals surface area contributed by atoms with E-state index in [9.17, 15) is 0 Å². The zero-order valence-corrected chi connectivity index (χ0v) is 9.62. The van der Waals surface area contributed by atoms with Gasteiger partial charge in [0.1, 0.15) is 5.82 Å². The van der Waals surface area contributed by atoms with Crippen LogP contribution in [0.4, 0.5) is 0 Å². The van der Waals surface area contributed by atoms with Crippen LogP contribution in [0.3, 0.4) is 0 Å². The summed E-state index contributed by atoms with van der Waals surface area (Å²) in [5.74, 6) is 2.27. The summed E-state index contributed by atoms with van der Waals surface area (Å²) in [7, 11) is 0. The summed E-state index contributed by atoms with van der Waals surface area (Å²) in [5, 5.41) is 0. The van der Waals surface area contributed by atoms with Crippen molar-refractivity contribution in [2.45, 2.75) is 40.5 Å². The number of hydrogen-bond donors (Lipinski definition) is 0. The van der Waals surface area contributed by atoms with E-state index < -0.39 is 0 Å². The second-order valence-electron chi connectivity index (χ2n) is 4.70. The maximum Gasteiger partial charge on any atom is 0.128 e. The van der Waals surface area contributed by atoms with E-state index in [2.05, 4.69) is 37.7 Å². The Bertz CT molecular complexity index is 233. The molecule has 0 N–H and O–H groups in total. The molecular weight excluding hydrogens is 172 g/mol. The molecule has 0 aromatic carbocycles. The normalized spacial score (nSPS) is 11.3. The van der Waals surface area contributed by atoms with E-state index in [1.165, 1.54) is 5.56 Å². The summed E-state index contributed by atoms with van der Waals surface area (Å²) < 4.78 is 0. The van der Waals surface area contributed by atoms with Gasteiger partial charge in [0, 0.05) is 18.8 Å². The van der Waals surface area contributed by atoms with Gasteiger partial charge in [0.2, 0.25) is 0 Å². The van der Waals surface area contributed by atoms with Crippen LogP contribution >= 0.6 is 0 Å². The van der Waals surface area contributed by atoms with Crippen LogP contribution in [0.15, 0.2) is 12.4 Å². The maximum absolute atomic E-state index is 4.36. The number of hydrogen-bond acceptors (Lipinski definition) is 2. The van der Waals surface area contributed by atoms with Gasteiger partial charge in [0.05, 0.1) is 0 Å². The smallest absolute Gasteiger partial charge is 0.128 e. The predicted molar refractivity (Wildman–Crippen MR) is 59.1 cm³/mol. The molecule has 0 saturated carbocycles. The molecule has 0 fully saturated rings. The highest BCUT2D eigenvalue weighted by Crippen LogP contribution is 2.07. The number of aromatic nitrogens is 2. The lowest BCUT2D eigenvalue weighted by molar-refractivity contribution is 0.612. The first-order chi connectivity index (χ1) is 6.58. The lowest BCUT2D eigenvalue weighted by atomic mass is 10.1. The second-order valence-corrected chi connectivity index (χ2v) is 4.70. The SMILES string of the molecule is CC(C)Cc1cnc(CC(C)C)nc1. The monoisotopic (exact) mass is 192 g/mol. The fourth-order valence-electron chi connectivity index (χ4n) is 1.43. The molecule has 0 atom stereocenters. The Kier molecular flexibility index (Phi) is 4.05. The molecule has 1 rings (SSSR count). The topological polar surface area (TPSA) is 25.8 Å². The van der Waals surface area contributed by atoms with Crippen LogP contribution in [-0.4, -0.2) is 9.97 Å². The third-order valence-electron chi connectivity index (χ3n) is 1.99. The molecule has 0 aliphatic carbocycles. The van der Waals surface area contributed by atoms with Gasteiger partial charge in [-0.2, -0.15) is 0 Å². The first-order valence-corrected chi connectivity index (χ1v) is 5.37. The molecule has 0 spiro atoms. The van der Waals surface area contributed by atoms with E-state index in [1.54, 1.807) is 0 Å². The molecule has 2 heteroatoms. The first kappa shape index (κ1) is 11.2. The van der Waals surface area contributed by atoms with E-state index in [1.807, 2.05) is 12.4 Å². The molecule has 1 aromatic heterocycles. The van der Waals surface area contributed by atoms with Gasteiger partial charge in [0.25, 0.3) is 0 Å². The average molecular weight is 192 g/mol. The second kappa shape index (κ2) is 5.08. The highest BCUT2D eigenvalue weighted by molar-refractivity contribution is 5.06. The molecule has 0 amide bonds. The van der Waals surface area contributed by atoms with Crippen molar-refractivity contribution in [3.8, 4) is 0 Å². The van der Waals surface area contributed by atoms with Gasteiger partial charge >= 0.3 is 0 Å². The third-order valence-corrected chi connectivity index (χ3v) is 1.99. The lowest BCUT2D eigenvalue weighted by Gasteiger charge is -2.06. The largest absolute Gasteiger partial charge is 0.241 e. The molecule has 78 valence electrons. The number of nitrogens with zero attached hydrogens (tertiary/aromatic N) is 2. The molecule has 0 unspecified atom stereocenters. The van der Waals surface area contributed by atoms with E-state index in [0.717, 1.165) is 18.7 Å². The van der Waals surface area contributed by atoms with Crippen molar-refractivity contribution in [2.24, 2.45) is 11.8 Å². The van der Waals surface area contributed by atoms with Crippen LogP contribution in [-0.2, 0) is 12.8 Å². The minimum absolute atomic E-state index is 0.631. The van der Waals surface area contributed by atoms with Gasteiger partial charge in [0.15, 0.2) is 0 Å². The number of rotatable bonds is 4. The molecule has 1 heterocycles. The summed E-state index contributed by atoms with van der Waals surface area (Å²) in [4.78, 5) is 8.72. The Hall–Kier alpha value is -0.920. The zero-order valence-electron chi connectivity index (χ0n) is 9.62. The van der Waals surface area contributed by atoms with Crippen molar-refractivity contribution < 1.29 is 0 Å². The van der Waals surface area contributed by atoms with E-state index >= 15 is 0 Å². The highest BCUT2D eigenvalue weighted by atomic mass is 14.9. The van der Waals surface area contributed by atoms with Crippen molar-refractivity contribution >= 4 is 0 Å². The molecule has 0 bridgehead atoms. The molecule has 2 nitrogen and oxygen atoms in total. The van der Waals surface area contributed by atoms with Gasteiger partial charge < -0.3 is 0 Å². The molecule has 14 heavy (non-hydrogen) atoms. The Balaban J connectivity index is 2.59. The van der Waals surface area contributed by atoms with Crippen molar-refractivity contribution in [1.82, 2.24) is 9.97 Å². The van der Waals surface area contributed by atoms with Gasteiger partial charge in [-0.3, -0.25) is 0 Å². The summed E-state index contributed by atoms with van der Waals surface area (Å²) in [6, 6.07) is 0. The Morgan fingerprint density at radius 3 is 1.86 bits per heavy atom. The fourth-order valence-corrected chi connectivity index (χ4v) is 1.43. The summed E-state index contributed by atoms with van der Waals surface area (Å²) in [6.07, 6.45) is 5.97. The van der Waals surface area contributed by atoms with Gasteiger partial charge in [-0.1, -0.05) is 27.7 Å². The minimum atomic E-state index is 0.631. The van der Waals surface area contributed by atoms with Gasteiger partial charge in [-0.05, 0) is 23.8 Å². The quantitative estimate of drug-likeness (QED) is 0.733. The third kappa shape index (κ3) is 3.86. The lowest BCUT2D eigenvalue weighted by Crippen LogP contribution is -2.02. The molecule has 0 radical (unpaired) electrons. The molecule has 1 aromatic rings. The van der Waals surface area contributed by atoms with Crippen molar-refractivity contribution in [2.75, 3.05) is 0 Å². The maximum atomic E-state index is 4.36. The van der Waals surface area contributed by atoms with Crippen LogP contribution in [0.25, 0.3) is 0 Å². The van der Waals surface area contributed by atoms with E-state index in [4.69, 9.17) is 0 Å². The summed E-state index contributed by atoms with van der Waals surface area (Å²) >= 11 is 0. The first-order valence-electron chi connectivity index (χ1n) is 5.37. The van der Waals surface area contributed by atoms with Crippen LogP contribution in [0.1, 0.15) is 39.1 Å². The van der Waals surface area contributed by atoms with Crippen molar-refractivity contribution in [1.29, 1.82) is 0 Å².